The van der Waals surface area contributed by atoms with E-state index >= 15 is 0 Å². The largest absolute Gasteiger partial charge is 0.457 e. The molecule has 33 heavy (non-hydrogen) atoms. The fourth-order valence-electron chi connectivity index (χ4n) is 4.79. The van der Waals surface area contributed by atoms with Crippen LogP contribution in [0.1, 0.15) is 38.6 Å². The third kappa shape index (κ3) is 5.75. The molecule has 0 unspecified atom stereocenters. The van der Waals surface area contributed by atoms with Gasteiger partial charge in [0, 0.05) is 37.6 Å². The number of imidazole rings is 1. The van der Waals surface area contributed by atoms with Gasteiger partial charge in [0.15, 0.2) is 0 Å². The molecule has 1 aliphatic carbocycles. The first-order valence-electron chi connectivity index (χ1n) is 12.1. The van der Waals surface area contributed by atoms with Crippen LogP contribution in [0.5, 0.6) is 11.5 Å². The summed E-state index contributed by atoms with van der Waals surface area (Å²) >= 11 is 0. The fourth-order valence-corrected chi connectivity index (χ4v) is 4.79. The summed E-state index contributed by atoms with van der Waals surface area (Å²) in [5.41, 5.74) is 0.892. The molecule has 6 nitrogen and oxygen atoms in total. The lowest BCUT2D eigenvalue weighted by atomic mass is 9.90. The summed E-state index contributed by atoms with van der Waals surface area (Å²) in [5, 5.41) is 0. The highest BCUT2D eigenvalue weighted by Crippen LogP contribution is 2.30. The SMILES string of the molecule is CCN(CCN(C)C)C1CCC(n2ccn(-c3ccc(Oc4ccccc4)cc3)c2=O)CC1. The zero-order valence-corrected chi connectivity index (χ0v) is 20.1. The number of benzene rings is 2. The first-order valence-corrected chi connectivity index (χ1v) is 12.1. The maximum Gasteiger partial charge on any atom is 0.332 e. The number of nitrogens with zero attached hydrogens (tertiary/aromatic N) is 4. The van der Waals surface area contributed by atoms with Gasteiger partial charge in [0.2, 0.25) is 0 Å². The molecular formula is C27H36N4O2. The van der Waals surface area contributed by atoms with Gasteiger partial charge >= 0.3 is 5.69 Å². The summed E-state index contributed by atoms with van der Waals surface area (Å²) in [6, 6.07) is 18.3. The van der Waals surface area contributed by atoms with E-state index < -0.39 is 0 Å². The molecule has 0 saturated heterocycles. The summed E-state index contributed by atoms with van der Waals surface area (Å²) in [4.78, 5) is 18.0. The fraction of sp³-hybridized carbons (Fsp3) is 0.444. The van der Waals surface area contributed by atoms with E-state index in [-0.39, 0.29) is 11.7 Å². The molecule has 0 radical (unpaired) electrons. The molecule has 0 N–H and O–H groups in total. The highest BCUT2D eigenvalue weighted by atomic mass is 16.5. The monoisotopic (exact) mass is 448 g/mol. The molecule has 2 aromatic carbocycles. The van der Waals surface area contributed by atoms with Crippen LogP contribution in [0.25, 0.3) is 5.69 Å². The van der Waals surface area contributed by atoms with Gasteiger partial charge in [0.1, 0.15) is 11.5 Å². The molecule has 1 fully saturated rings. The number of rotatable bonds is 9. The van der Waals surface area contributed by atoms with Crippen molar-refractivity contribution in [3.8, 4) is 17.2 Å². The van der Waals surface area contributed by atoms with Crippen molar-refractivity contribution in [3.05, 3.63) is 77.5 Å². The molecule has 0 aliphatic heterocycles. The summed E-state index contributed by atoms with van der Waals surface area (Å²) in [5.74, 6) is 1.55. The molecule has 3 aromatic rings. The van der Waals surface area contributed by atoms with E-state index in [2.05, 4.69) is 30.8 Å². The molecular weight excluding hydrogens is 412 g/mol. The summed E-state index contributed by atoms with van der Waals surface area (Å²) < 4.78 is 9.53. The molecule has 1 aliphatic rings. The molecule has 176 valence electrons. The van der Waals surface area contributed by atoms with E-state index in [0.717, 1.165) is 62.5 Å². The number of ether oxygens (including phenoxy) is 1. The maximum atomic E-state index is 13.2. The summed E-state index contributed by atoms with van der Waals surface area (Å²) in [7, 11) is 4.26. The summed E-state index contributed by atoms with van der Waals surface area (Å²) in [6.07, 6.45) is 8.24. The lowest BCUT2D eigenvalue weighted by molar-refractivity contribution is 0.133. The minimum atomic E-state index is 0.0372. The predicted octanol–water partition coefficient (Wildman–Crippen LogP) is 4.80. The van der Waals surface area contributed by atoms with Gasteiger partial charge in [-0.25, -0.2) is 4.79 Å². The molecule has 0 bridgehead atoms. The Morgan fingerprint density at radius 3 is 2.18 bits per heavy atom. The molecule has 0 spiro atoms. The van der Waals surface area contributed by atoms with E-state index in [1.54, 1.807) is 4.57 Å². The molecule has 1 saturated carbocycles. The predicted molar refractivity (Wildman–Crippen MR) is 134 cm³/mol. The Hall–Kier alpha value is -2.83. The lowest BCUT2D eigenvalue weighted by Gasteiger charge is -2.37. The minimum absolute atomic E-state index is 0.0372. The number of hydrogen-bond donors (Lipinski definition) is 0. The third-order valence-corrected chi connectivity index (χ3v) is 6.71. The van der Waals surface area contributed by atoms with Crippen molar-refractivity contribution >= 4 is 0 Å². The Bertz CT molecular complexity index is 1050. The zero-order valence-electron chi connectivity index (χ0n) is 20.1. The van der Waals surface area contributed by atoms with E-state index in [9.17, 15) is 4.79 Å². The smallest absolute Gasteiger partial charge is 0.332 e. The van der Waals surface area contributed by atoms with Crippen LogP contribution in [0.15, 0.2) is 71.8 Å². The van der Waals surface area contributed by atoms with Crippen LogP contribution in [-0.4, -0.2) is 58.7 Å². The highest BCUT2D eigenvalue weighted by molar-refractivity contribution is 5.39. The minimum Gasteiger partial charge on any atom is -0.457 e. The van der Waals surface area contributed by atoms with Crippen molar-refractivity contribution in [1.82, 2.24) is 18.9 Å². The van der Waals surface area contributed by atoms with Gasteiger partial charge < -0.3 is 9.64 Å². The van der Waals surface area contributed by atoms with Gasteiger partial charge in [0.05, 0.1) is 5.69 Å². The standard InChI is InChI=1S/C27H36N4O2/c1-4-29(19-18-28(2)3)22-10-12-23(13-11-22)30-20-21-31(27(30)32)24-14-16-26(17-15-24)33-25-8-6-5-7-9-25/h5-9,14-17,20-23H,4,10-13,18-19H2,1-3H3. The Morgan fingerprint density at radius 2 is 1.55 bits per heavy atom. The Labute approximate surface area is 197 Å². The quantitative estimate of drug-likeness (QED) is 0.472. The van der Waals surface area contributed by atoms with Crippen molar-refractivity contribution < 1.29 is 4.74 Å². The number of likely N-dealkylation sites (N-methyl/N-ethyl adjacent to an activating group) is 2. The average Bonchev–Trinajstić information content (AvgIpc) is 3.22. The average molecular weight is 449 g/mol. The maximum absolute atomic E-state index is 13.2. The van der Waals surface area contributed by atoms with Crippen molar-refractivity contribution in [2.45, 2.75) is 44.7 Å². The van der Waals surface area contributed by atoms with E-state index in [4.69, 9.17) is 4.74 Å². The first kappa shape index (κ1) is 23.3. The second kappa shape index (κ2) is 10.9. The van der Waals surface area contributed by atoms with Crippen LogP contribution in [0.2, 0.25) is 0 Å². The topological polar surface area (TPSA) is 42.6 Å². The van der Waals surface area contributed by atoms with Crippen LogP contribution in [-0.2, 0) is 0 Å². The summed E-state index contributed by atoms with van der Waals surface area (Å²) in [6.45, 7) is 5.54. The van der Waals surface area contributed by atoms with E-state index in [1.165, 1.54) is 0 Å². The van der Waals surface area contributed by atoms with Crippen LogP contribution in [0, 0.1) is 0 Å². The van der Waals surface area contributed by atoms with E-state index in [1.807, 2.05) is 71.6 Å². The first-order chi connectivity index (χ1) is 16.0. The van der Waals surface area contributed by atoms with Gasteiger partial charge in [-0.1, -0.05) is 25.1 Å². The van der Waals surface area contributed by atoms with Gasteiger partial charge in [-0.2, -0.15) is 0 Å². The second-order valence-electron chi connectivity index (χ2n) is 9.16. The van der Waals surface area contributed by atoms with Crippen molar-refractivity contribution in [3.63, 3.8) is 0 Å². The number of hydrogen-bond acceptors (Lipinski definition) is 4. The van der Waals surface area contributed by atoms with Crippen molar-refractivity contribution in [1.29, 1.82) is 0 Å². The molecule has 1 heterocycles. The van der Waals surface area contributed by atoms with Crippen molar-refractivity contribution in [2.24, 2.45) is 0 Å². The Morgan fingerprint density at radius 1 is 0.879 bits per heavy atom. The van der Waals surface area contributed by atoms with E-state index in [0.29, 0.717) is 6.04 Å². The second-order valence-corrected chi connectivity index (χ2v) is 9.16. The van der Waals surface area contributed by atoms with Gasteiger partial charge in [0.25, 0.3) is 0 Å². The Kier molecular flexibility index (Phi) is 7.68. The molecule has 6 heteroatoms. The van der Waals surface area contributed by atoms with Crippen LogP contribution >= 0.6 is 0 Å². The molecule has 0 amide bonds. The Balaban J connectivity index is 1.39. The molecule has 4 rings (SSSR count). The van der Waals surface area contributed by atoms with Crippen LogP contribution in [0.4, 0.5) is 0 Å². The zero-order chi connectivity index (χ0) is 23.2. The molecule has 1 aromatic heterocycles. The van der Waals surface area contributed by atoms with Crippen molar-refractivity contribution in [2.75, 3.05) is 33.7 Å². The van der Waals surface area contributed by atoms with Gasteiger partial charge in [-0.3, -0.25) is 14.0 Å². The highest BCUT2D eigenvalue weighted by Gasteiger charge is 2.27. The lowest BCUT2D eigenvalue weighted by Crippen LogP contribution is -2.42. The van der Waals surface area contributed by atoms with Crippen LogP contribution < -0.4 is 10.4 Å². The number of aromatic nitrogens is 2. The third-order valence-electron chi connectivity index (χ3n) is 6.71. The van der Waals surface area contributed by atoms with Gasteiger partial charge in [-0.05, 0) is 82.7 Å². The van der Waals surface area contributed by atoms with Gasteiger partial charge in [-0.15, -0.1) is 0 Å². The number of para-hydroxylation sites is 1. The normalized spacial score (nSPS) is 18.7. The van der Waals surface area contributed by atoms with Crippen LogP contribution in [0.3, 0.4) is 0 Å². The molecule has 0 atom stereocenters.